The van der Waals surface area contributed by atoms with E-state index in [2.05, 4.69) is 26.9 Å². The predicted octanol–water partition coefficient (Wildman–Crippen LogP) is 1.94. The molecule has 3 aromatic rings. The van der Waals surface area contributed by atoms with Crippen LogP contribution in [0.3, 0.4) is 0 Å². The van der Waals surface area contributed by atoms with Gasteiger partial charge in [-0.05, 0) is 37.7 Å². The summed E-state index contributed by atoms with van der Waals surface area (Å²) in [6, 6.07) is 9.72. The van der Waals surface area contributed by atoms with Crippen LogP contribution in [-0.4, -0.2) is 88.1 Å². The van der Waals surface area contributed by atoms with Gasteiger partial charge in [-0.1, -0.05) is 23.4 Å². The van der Waals surface area contributed by atoms with Crippen molar-refractivity contribution in [3.8, 4) is 0 Å². The second-order valence-electron chi connectivity index (χ2n) is 8.64. The molecule has 4 heterocycles. The van der Waals surface area contributed by atoms with E-state index >= 15 is 0 Å². The molecule has 2 aromatic heterocycles. The Balaban J connectivity index is 1.43. The maximum Gasteiger partial charge on any atom is 0.278 e. The van der Waals surface area contributed by atoms with Gasteiger partial charge in [-0.15, -0.1) is 0 Å². The van der Waals surface area contributed by atoms with Crippen LogP contribution in [-0.2, 0) is 0 Å². The Hall–Kier alpha value is -3.33. The standard InChI is InChI=1S/C23H26N6O3/c1-15-21(26-32-25-15)23(31)29-8-7-16(14-29)20-13-18(17-5-3-4-6-19(17)24-20)22(30)28-11-9-27(2)10-12-28/h3-6,13,16H,7-12,14H2,1-2H3/t16-/m1/s1. The van der Waals surface area contributed by atoms with Gasteiger partial charge in [-0.2, -0.15) is 0 Å². The molecule has 0 radical (unpaired) electrons. The average molecular weight is 435 g/mol. The summed E-state index contributed by atoms with van der Waals surface area (Å²) in [6.07, 6.45) is 0.781. The van der Waals surface area contributed by atoms with Crippen LogP contribution in [0.1, 0.15) is 44.6 Å². The van der Waals surface area contributed by atoms with Crippen molar-refractivity contribution in [2.45, 2.75) is 19.3 Å². The maximum atomic E-state index is 13.4. The lowest BCUT2D eigenvalue weighted by atomic mass is 9.98. The number of fused-ring (bicyclic) bond motifs is 1. The van der Waals surface area contributed by atoms with Gasteiger partial charge in [0.25, 0.3) is 11.8 Å². The molecule has 2 saturated heterocycles. The molecule has 0 aliphatic carbocycles. The van der Waals surface area contributed by atoms with Crippen molar-refractivity contribution in [2.24, 2.45) is 0 Å². The van der Waals surface area contributed by atoms with Gasteiger partial charge in [0, 0.05) is 56.3 Å². The first-order valence-electron chi connectivity index (χ1n) is 11.0. The van der Waals surface area contributed by atoms with E-state index in [1.807, 2.05) is 35.2 Å². The quantitative estimate of drug-likeness (QED) is 0.622. The van der Waals surface area contributed by atoms with Crippen molar-refractivity contribution in [1.29, 1.82) is 0 Å². The van der Waals surface area contributed by atoms with Gasteiger partial charge < -0.3 is 14.7 Å². The minimum absolute atomic E-state index is 0.0492. The van der Waals surface area contributed by atoms with E-state index in [-0.39, 0.29) is 23.4 Å². The van der Waals surface area contributed by atoms with E-state index in [1.54, 1.807) is 11.8 Å². The van der Waals surface area contributed by atoms with Crippen LogP contribution in [0.4, 0.5) is 0 Å². The van der Waals surface area contributed by atoms with Crippen LogP contribution in [0.5, 0.6) is 0 Å². The van der Waals surface area contributed by atoms with Gasteiger partial charge in [0.15, 0.2) is 5.69 Å². The SMILES string of the molecule is Cc1nonc1C(=O)N1CC[C@@H](c2cc(C(=O)N3CCN(C)CC3)c3ccccc3n2)C1. The van der Waals surface area contributed by atoms with Crippen molar-refractivity contribution in [3.63, 3.8) is 0 Å². The molecule has 0 saturated carbocycles. The first-order valence-corrected chi connectivity index (χ1v) is 11.0. The molecule has 2 fully saturated rings. The van der Waals surface area contributed by atoms with Gasteiger partial charge >= 0.3 is 0 Å². The number of aromatic nitrogens is 3. The first-order chi connectivity index (χ1) is 15.5. The van der Waals surface area contributed by atoms with Crippen molar-refractivity contribution in [1.82, 2.24) is 30.0 Å². The monoisotopic (exact) mass is 434 g/mol. The van der Waals surface area contributed by atoms with Gasteiger partial charge in [0.2, 0.25) is 0 Å². The fraction of sp³-hybridized carbons (Fsp3) is 0.435. The smallest absolute Gasteiger partial charge is 0.278 e. The second-order valence-corrected chi connectivity index (χ2v) is 8.64. The number of hydrogen-bond donors (Lipinski definition) is 0. The van der Waals surface area contributed by atoms with Crippen molar-refractivity contribution in [2.75, 3.05) is 46.3 Å². The Kier molecular flexibility index (Phi) is 5.34. The number of benzene rings is 1. The largest absolute Gasteiger partial charge is 0.336 e. The number of piperazine rings is 1. The number of pyridine rings is 1. The topological polar surface area (TPSA) is 95.7 Å². The van der Waals surface area contributed by atoms with Crippen LogP contribution in [0.25, 0.3) is 10.9 Å². The van der Waals surface area contributed by atoms with Crippen LogP contribution in [0, 0.1) is 6.92 Å². The Labute approximate surface area is 185 Å². The molecule has 1 atom stereocenters. The van der Waals surface area contributed by atoms with Gasteiger partial charge in [0.05, 0.1) is 11.1 Å². The molecule has 1 aromatic carbocycles. The van der Waals surface area contributed by atoms with E-state index in [1.165, 1.54) is 0 Å². The Morgan fingerprint density at radius 2 is 1.78 bits per heavy atom. The van der Waals surface area contributed by atoms with Crippen molar-refractivity contribution >= 4 is 22.7 Å². The number of hydrogen-bond acceptors (Lipinski definition) is 7. The van der Waals surface area contributed by atoms with Crippen LogP contribution in [0.2, 0.25) is 0 Å². The summed E-state index contributed by atoms with van der Waals surface area (Å²) in [4.78, 5) is 37.0. The van der Waals surface area contributed by atoms with E-state index in [9.17, 15) is 9.59 Å². The maximum absolute atomic E-state index is 13.4. The summed E-state index contributed by atoms with van der Waals surface area (Å²) < 4.78 is 4.69. The second kappa shape index (κ2) is 8.31. The molecule has 5 rings (SSSR count). The molecular weight excluding hydrogens is 408 g/mol. The number of nitrogens with zero attached hydrogens (tertiary/aromatic N) is 6. The number of para-hydroxylation sites is 1. The minimum Gasteiger partial charge on any atom is -0.336 e. The fourth-order valence-corrected chi connectivity index (χ4v) is 4.52. The number of likely N-dealkylation sites (N-methyl/N-ethyl adjacent to an activating group) is 1. The molecule has 0 unspecified atom stereocenters. The van der Waals surface area contributed by atoms with Crippen molar-refractivity contribution < 1.29 is 14.2 Å². The van der Waals surface area contributed by atoms with Crippen LogP contribution >= 0.6 is 0 Å². The molecule has 166 valence electrons. The molecule has 0 spiro atoms. The zero-order chi connectivity index (χ0) is 22.2. The van der Waals surface area contributed by atoms with Crippen molar-refractivity contribution in [3.05, 3.63) is 53.0 Å². The third-order valence-corrected chi connectivity index (χ3v) is 6.51. The third-order valence-electron chi connectivity index (χ3n) is 6.51. The minimum atomic E-state index is -0.180. The lowest BCUT2D eigenvalue weighted by Gasteiger charge is -2.32. The third kappa shape index (κ3) is 3.73. The molecule has 32 heavy (non-hydrogen) atoms. The molecule has 9 nitrogen and oxygen atoms in total. The summed E-state index contributed by atoms with van der Waals surface area (Å²) >= 11 is 0. The van der Waals surface area contributed by atoms with Gasteiger partial charge in [-0.3, -0.25) is 14.6 Å². The highest BCUT2D eigenvalue weighted by Crippen LogP contribution is 2.30. The Bertz CT molecular complexity index is 1170. The number of rotatable bonds is 3. The zero-order valence-electron chi connectivity index (χ0n) is 18.3. The Morgan fingerprint density at radius 3 is 2.53 bits per heavy atom. The summed E-state index contributed by atoms with van der Waals surface area (Å²) in [5.74, 6) is -0.0725. The first kappa shape index (κ1) is 20.6. The van der Waals surface area contributed by atoms with E-state index in [4.69, 9.17) is 4.98 Å². The number of carbonyl (C=O) groups excluding carboxylic acids is 2. The zero-order valence-corrected chi connectivity index (χ0v) is 18.3. The van der Waals surface area contributed by atoms with E-state index in [0.717, 1.165) is 49.2 Å². The van der Waals surface area contributed by atoms with Crippen LogP contribution < -0.4 is 0 Å². The lowest BCUT2D eigenvalue weighted by Crippen LogP contribution is -2.47. The van der Waals surface area contributed by atoms with Gasteiger partial charge in [0.1, 0.15) is 5.69 Å². The van der Waals surface area contributed by atoms with Crippen LogP contribution in [0.15, 0.2) is 35.0 Å². The highest BCUT2D eigenvalue weighted by molar-refractivity contribution is 6.06. The summed E-state index contributed by atoms with van der Waals surface area (Å²) in [5, 5.41) is 8.33. The molecule has 2 aliphatic rings. The average Bonchev–Trinajstić information content (AvgIpc) is 3.47. The van der Waals surface area contributed by atoms with E-state index < -0.39 is 0 Å². The van der Waals surface area contributed by atoms with Gasteiger partial charge in [-0.25, -0.2) is 4.63 Å². The molecule has 2 aliphatic heterocycles. The van der Waals surface area contributed by atoms with E-state index in [0.29, 0.717) is 24.3 Å². The fourth-order valence-electron chi connectivity index (χ4n) is 4.52. The number of likely N-dealkylation sites (tertiary alicyclic amines) is 1. The number of carbonyl (C=O) groups is 2. The normalized spacial score (nSPS) is 19.6. The lowest BCUT2D eigenvalue weighted by molar-refractivity contribution is 0.0665. The number of amides is 2. The highest BCUT2D eigenvalue weighted by Gasteiger charge is 2.32. The Morgan fingerprint density at radius 1 is 1.00 bits per heavy atom. The predicted molar refractivity (Wildman–Crippen MR) is 117 cm³/mol. The molecule has 2 amide bonds. The summed E-state index contributed by atoms with van der Waals surface area (Å²) in [5.41, 5.74) is 3.09. The highest BCUT2D eigenvalue weighted by atomic mass is 16.6. The molecule has 0 bridgehead atoms. The molecule has 9 heteroatoms. The molecule has 0 N–H and O–H groups in total. The summed E-state index contributed by atoms with van der Waals surface area (Å²) in [7, 11) is 2.07. The summed E-state index contributed by atoms with van der Waals surface area (Å²) in [6.45, 7) is 6.02. The number of aryl methyl sites for hydroxylation is 1. The molecular formula is C23H26N6O3.